The average Bonchev–Trinajstić information content (AvgIpc) is 2.03. The molecule has 0 aromatic rings. The number of halogens is 1. The fourth-order valence-corrected chi connectivity index (χ4v) is 1.95. The van der Waals surface area contributed by atoms with E-state index < -0.39 is 0 Å². The number of rotatable bonds is 2. The van der Waals surface area contributed by atoms with Crippen LogP contribution in [0.2, 0.25) is 0 Å². The van der Waals surface area contributed by atoms with Gasteiger partial charge in [-0.1, -0.05) is 41.1 Å². The highest BCUT2D eigenvalue weighted by Crippen LogP contribution is 2.21. The van der Waals surface area contributed by atoms with E-state index in [4.69, 9.17) is 12.2 Å². The van der Waals surface area contributed by atoms with Crippen LogP contribution in [0.15, 0.2) is 22.2 Å². The van der Waals surface area contributed by atoms with Crippen LogP contribution in [0.1, 0.15) is 19.8 Å². The summed E-state index contributed by atoms with van der Waals surface area (Å²) in [7, 11) is 0. The van der Waals surface area contributed by atoms with Gasteiger partial charge in [-0.2, -0.15) is 0 Å². The van der Waals surface area contributed by atoms with Crippen LogP contribution in [0.3, 0.4) is 0 Å². The molecule has 0 amide bonds. The highest BCUT2D eigenvalue weighted by Gasteiger charge is 2.15. The first-order valence-electron chi connectivity index (χ1n) is 3.78. The number of Topliss-reactive ketones (excluding diaryl/α,β-unsaturated/α-hetero) is 1. The highest BCUT2D eigenvalue weighted by atomic mass is 79.9. The number of allylic oxidation sites excluding steroid dienone is 4. The first-order valence-corrected chi connectivity index (χ1v) is 4.98. The molecule has 0 spiro atoms. The Labute approximate surface area is 85.7 Å². The summed E-state index contributed by atoms with van der Waals surface area (Å²) >= 11 is 8.43. The molecule has 0 aromatic heterocycles. The number of hydrogen-bond donors (Lipinski definition) is 0. The van der Waals surface area contributed by atoms with E-state index in [0.717, 1.165) is 9.35 Å². The molecule has 0 atom stereocenters. The molecule has 0 saturated heterocycles. The Bertz CT molecular complexity index is 279. The van der Waals surface area contributed by atoms with Crippen LogP contribution in [-0.2, 0) is 4.79 Å². The van der Waals surface area contributed by atoms with Gasteiger partial charge < -0.3 is 0 Å². The molecule has 0 saturated carbocycles. The number of ketones is 1. The molecule has 12 heavy (non-hydrogen) atoms. The molecular weight excluding hydrogens is 236 g/mol. The first-order chi connectivity index (χ1) is 5.65. The van der Waals surface area contributed by atoms with E-state index in [2.05, 4.69) is 15.9 Å². The molecule has 0 fully saturated rings. The molecule has 1 aliphatic carbocycles. The predicted octanol–water partition coefficient (Wildman–Crippen LogP) is 2.94. The lowest BCUT2D eigenvalue weighted by molar-refractivity contribution is -0.114. The second-order valence-corrected chi connectivity index (χ2v) is 4.08. The van der Waals surface area contributed by atoms with Crippen LogP contribution >= 0.6 is 28.1 Å². The topological polar surface area (TPSA) is 17.1 Å². The number of carbonyl (C=O) groups excluding carboxylic acids is 1. The van der Waals surface area contributed by atoms with Gasteiger partial charge >= 0.3 is 0 Å². The Hall–Kier alpha value is -0.280. The maximum atomic E-state index is 11.3. The minimum atomic E-state index is 0.135. The first kappa shape index (κ1) is 9.81. The standard InChI is InChI=1S/C9H9BrOS/c1-2-8(11)7-4-3-6(10)5-9(7)12/h3-4H,2,5H2,1H3. The molecule has 0 aliphatic heterocycles. The summed E-state index contributed by atoms with van der Waals surface area (Å²) in [6.45, 7) is 1.85. The normalized spacial score (nSPS) is 17.0. The summed E-state index contributed by atoms with van der Waals surface area (Å²) in [5.41, 5.74) is 0.704. The van der Waals surface area contributed by atoms with Crippen molar-refractivity contribution in [1.29, 1.82) is 0 Å². The molecule has 0 heterocycles. The molecule has 64 valence electrons. The average molecular weight is 245 g/mol. The Morgan fingerprint density at radius 2 is 2.33 bits per heavy atom. The molecule has 1 rings (SSSR count). The maximum absolute atomic E-state index is 11.3. The Balaban J connectivity index is 2.90. The van der Waals surface area contributed by atoms with Crippen LogP contribution in [0.4, 0.5) is 0 Å². The molecule has 3 heteroatoms. The van der Waals surface area contributed by atoms with Crippen LogP contribution in [0, 0.1) is 0 Å². The van der Waals surface area contributed by atoms with Gasteiger partial charge in [-0.15, -0.1) is 0 Å². The molecule has 1 nitrogen and oxygen atoms in total. The van der Waals surface area contributed by atoms with E-state index in [-0.39, 0.29) is 5.78 Å². The molecular formula is C9H9BrOS. The summed E-state index contributed by atoms with van der Waals surface area (Å²) in [4.78, 5) is 12.0. The third-order valence-corrected chi connectivity index (χ3v) is 2.59. The van der Waals surface area contributed by atoms with E-state index in [1.807, 2.05) is 13.0 Å². The zero-order valence-corrected chi connectivity index (χ0v) is 9.17. The fraction of sp³-hybridized carbons (Fsp3) is 0.333. The van der Waals surface area contributed by atoms with Crippen LogP contribution in [-0.4, -0.2) is 10.6 Å². The van der Waals surface area contributed by atoms with Gasteiger partial charge in [-0.3, -0.25) is 4.79 Å². The summed E-state index contributed by atoms with van der Waals surface area (Å²) in [6, 6.07) is 0. The lowest BCUT2D eigenvalue weighted by Gasteiger charge is -2.10. The van der Waals surface area contributed by atoms with Gasteiger partial charge in [-0.05, 0) is 6.08 Å². The van der Waals surface area contributed by atoms with Crippen molar-refractivity contribution in [2.75, 3.05) is 0 Å². The Kier molecular flexibility index (Phi) is 3.35. The quantitative estimate of drug-likeness (QED) is 0.696. The van der Waals surface area contributed by atoms with E-state index >= 15 is 0 Å². The van der Waals surface area contributed by atoms with E-state index in [0.29, 0.717) is 18.4 Å². The van der Waals surface area contributed by atoms with Gasteiger partial charge in [-0.25, -0.2) is 0 Å². The molecule has 1 aliphatic rings. The van der Waals surface area contributed by atoms with Crippen molar-refractivity contribution in [3.8, 4) is 0 Å². The van der Waals surface area contributed by atoms with Crippen LogP contribution in [0.25, 0.3) is 0 Å². The van der Waals surface area contributed by atoms with Crippen molar-refractivity contribution in [2.24, 2.45) is 0 Å². The molecule has 0 aromatic carbocycles. The van der Waals surface area contributed by atoms with Gasteiger partial charge in [0.15, 0.2) is 5.78 Å². The lowest BCUT2D eigenvalue weighted by atomic mass is 9.99. The summed E-state index contributed by atoms with van der Waals surface area (Å²) in [6.07, 6.45) is 4.89. The second-order valence-electron chi connectivity index (χ2n) is 2.57. The molecule has 0 unspecified atom stereocenters. The Morgan fingerprint density at radius 3 is 2.83 bits per heavy atom. The minimum absolute atomic E-state index is 0.135. The van der Waals surface area contributed by atoms with E-state index in [1.54, 1.807) is 6.08 Å². The van der Waals surface area contributed by atoms with Crippen molar-refractivity contribution in [1.82, 2.24) is 0 Å². The van der Waals surface area contributed by atoms with Crippen LogP contribution in [0.5, 0.6) is 0 Å². The number of thiocarbonyl (C=S) groups is 1. The van der Waals surface area contributed by atoms with Crippen molar-refractivity contribution < 1.29 is 4.79 Å². The zero-order chi connectivity index (χ0) is 9.14. The van der Waals surface area contributed by atoms with Gasteiger partial charge in [0.25, 0.3) is 0 Å². The zero-order valence-electron chi connectivity index (χ0n) is 6.76. The van der Waals surface area contributed by atoms with Gasteiger partial charge in [0.1, 0.15) is 0 Å². The summed E-state index contributed by atoms with van der Waals surface area (Å²) < 4.78 is 1.04. The maximum Gasteiger partial charge on any atom is 0.163 e. The third-order valence-electron chi connectivity index (χ3n) is 1.68. The molecule has 0 radical (unpaired) electrons. The Morgan fingerprint density at radius 1 is 1.67 bits per heavy atom. The summed E-state index contributed by atoms with van der Waals surface area (Å²) in [5, 5.41) is 0. The largest absolute Gasteiger partial charge is 0.294 e. The number of hydrogen-bond acceptors (Lipinski definition) is 2. The smallest absolute Gasteiger partial charge is 0.163 e. The second kappa shape index (κ2) is 4.10. The van der Waals surface area contributed by atoms with Gasteiger partial charge in [0.2, 0.25) is 0 Å². The van der Waals surface area contributed by atoms with Crippen LogP contribution < -0.4 is 0 Å². The number of carbonyl (C=O) groups is 1. The van der Waals surface area contributed by atoms with E-state index in [9.17, 15) is 4.79 Å². The summed E-state index contributed by atoms with van der Waals surface area (Å²) in [5.74, 6) is 0.135. The fourth-order valence-electron chi connectivity index (χ4n) is 1.01. The van der Waals surface area contributed by atoms with Crippen molar-refractivity contribution in [2.45, 2.75) is 19.8 Å². The predicted molar refractivity (Wildman–Crippen MR) is 57.6 cm³/mol. The highest BCUT2D eigenvalue weighted by molar-refractivity contribution is 9.11. The molecule has 0 bridgehead atoms. The SMILES string of the molecule is CCC(=O)C1=CC=C(Br)CC1=S. The monoisotopic (exact) mass is 244 g/mol. The van der Waals surface area contributed by atoms with E-state index in [1.165, 1.54) is 0 Å². The lowest BCUT2D eigenvalue weighted by Crippen LogP contribution is -2.12. The van der Waals surface area contributed by atoms with Gasteiger partial charge in [0.05, 0.1) is 0 Å². The molecule has 0 N–H and O–H groups in total. The minimum Gasteiger partial charge on any atom is -0.294 e. The van der Waals surface area contributed by atoms with Gasteiger partial charge in [0, 0.05) is 27.8 Å². The van der Waals surface area contributed by atoms with Crippen molar-refractivity contribution >= 4 is 38.8 Å². The van der Waals surface area contributed by atoms with Crippen molar-refractivity contribution in [3.05, 3.63) is 22.2 Å². The van der Waals surface area contributed by atoms with Crippen molar-refractivity contribution in [3.63, 3.8) is 0 Å². The third kappa shape index (κ3) is 2.11.